The molecule has 1 saturated heterocycles. The van der Waals surface area contributed by atoms with Gasteiger partial charge in [-0.3, -0.25) is 0 Å². The van der Waals surface area contributed by atoms with E-state index in [1.165, 1.54) is 6.42 Å². The molecule has 1 aliphatic heterocycles. The Bertz CT molecular complexity index is 78.9. The van der Waals surface area contributed by atoms with E-state index in [0.717, 1.165) is 12.8 Å². The zero-order valence-electron chi connectivity index (χ0n) is 6.34. The number of unbranched alkanes of at least 4 members (excludes halogenated alkanes) is 1. The maximum absolute atomic E-state index is 5.14. The molecule has 0 aromatic carbocycles. The van der Waals surface area contributed by atoms with Crippen LogP contribution in [0.15, 0.2) is 0 Å². The Balaban J connectivity index is 2.02. The molecule has 10 heavy (non-hydrogen) atoms. The molecular weight excluding hydrogens is 132 g/mol. The first-order valence-corrected chi connectivity index (χ1v) is 3.74. The van der Waals surface area contributed by atoms with Crippen LogP contribution in [-0.4, -0.2) is 19.9 Å². The van der Waals surface area contributed by atoms with Crippen molar-refractivity contribution in [2.45, 2.75) is 32.5 Å². The Morgan fingerprint density at radius 3 is 2.60 bits per heavy atom. The topological polar surface area (TPSA) is 27.7 Å². The highest BCUT2D eigenvalue weighted by molar-refractivity contribution is 4.44. The van der Waals surface area contributed by atoms with Crippen molar-refractivity contribution >= 4 is 0 Å². The SMILES string of the molecule is CCCCC1OCOCO1. The first kappa shape index (κ1) is 7.98. The molecule has 0 aliphatic carbocycles. The lowest BCUT2D eigenvalue weighted by atomic mass is 10.2. The van der Waals surface area contributed by atoms with Gasteiger partial charge < -0.3 is 14.2 Å². The average Bonchev–Trinajstić information content (AvgIpc) is 2.03. The van der Waals surface area contributed by atoms with E-state index in [-0.39, 0.29) is 6.29 Å². The van der Waals surface area contributed by atoms with Gasteiger partial charge in [-0.05, 0) is 12.8 Å². The minimum absolute atomic E-state index is 0.0197. The summed E-state index contributed by atoms with van der Waals surface area (Å²) in [4.78, 5) is 0. The lowest BCUT2D eigenvalue weighted by Gasteiger charge is -2.22. The summed E-state index contributed by atoms with van der Waals surface area (Å²) >= 11 is 0. The van der Waals surface area contributed by atoms with Gasteiger partial charge in [-0.1, -0.05) is 13.3 Å². The highest BCUT2D eigenvalue weighted by Gasteiger charge is 2.12. The van der Waals surface area contributed by atoms with Crippen molar-refractivity contribution in [2.75, 3.05) is 13.6 Å². The predicted molar refractivity (Wildman–Crippen MR) is 36.3 cm³/mol. The quantitative estimate of drug-likeness (QED) is 0.603. The molecule has 1 fully saturated rings. The maximum Gasteiger partial charge on any atom is 0.163 e. The van der Waals surface area contributed by atoms with E-state index in [2.05, 4.69) is 6.92 Å². The molecule has 3 heteroatoms. The molecule has 1 aliphatic rings. The van der Waals surface area contributed by atoms with Crippen molar-refractivity contribution in [3.63, 3.8) is 0 Å². The van der Waals surface area contributed by atoms with Gasteiger partial charge >= 0.3 is 0 Å². The van der Waals surface area contributed by atoms with E-state index in [9.17, 15) is 0 Å². The van der Waals surface area contributed by atoms with Crippen molar-refractivity contribution in [3.05, 3.63) is 0 Å². The number of hydrogen-bond acceptors (Lipinski definition) is 3. The lowest BCUT2D eigenvalue weighted by Crippen LogP contribution is -2.26. The van der Waals surface area contributed by atoms with Crippen LogP contribution in [0, 0.1) is 0 Å². The minimum atomic E-state index is -0.0197. The Kier molecular flexibility index (Phi) is 3.72. The van der Waals surface area contributed by atoms with Gasteiger partial charge in [0.05, 0.1) is 0 Å². The highest BCUT2D eigenvalue weighted by atomic mass is 16.8. The summed E-state index contributed by atoms with van der Waals surface area (Å²) in [6.45, 7) is 2.92. The second-order valence-electron chi connectivity index (χ2n) is 2.34. The fraction of sp³-hybridized carbons (Fsp3) is 1.00. The third-order valence-corrected chi connectivity index (χ3v) is 1.47. The zero-order valence-corrected chi connectivity index (χ0v) is 6.34. The Morgan fingerprint density at radius 2 is 2.00 bits per heavy atom. The van der Waals surface area contributed by atoms with E-state index in [1.54, 1.807) is 0 Å². The Hall–Kier alpha value is -0.120. The van der Waals surface area contributed by atoms with Crippen molar-refractivity contribution in [3.8, 4) is 0 Å². The molecule has 1 rings (SSSR count). The van der Waals surface area contributed by atoms with Gasteiger partial charge in [-0.2, -0.15) is 0 Å². The van der Waals surface area contributed by atoms with E-state index in [1.807, 2.05) is 0 Å². The predicted octanol–water partition coefficient (Wildman–Crippen LogP) is 1.48. The normalized spacial score (nSPS) is 21.3. The fourth-order valence-corrected chi connectivity index (χ4v) is 0.868. The first-order chi connectivity index (χ1) is 4.93. The molecule has 0 radical (unpaired) electrons. The van der Waals surface area contributed by atoms with Crippen LogP contribution in [0.5, 0.6) is 0 Å². The van der Waals surface area contributed by atoms with Crippen molar-refractivity contribution in [1.82, 2.24) is 0 Å². The summed E-state index contributed by atoms with van der Waals surface area (Å²) in [5.74, 6) is 0. The monoisotopic (exact) mass is 146 g/mol. The molecule has 0 N–H and O–H groups in total. The summed E-state index contributed by atoms with van der Waals surface area (Å²) in [6, 6.07) is 0. The molecule has 0 spiro atoms. The molecule has 1 heterocycles. The molecule has 0 aromatic heterocycles. The van der Waals surface area contributed by atoms with Gasteiger partial charge in [0.2, 0.25) is 0 Å². The molecular formula is C7H14O3. The van der Waals surface area contributed by atoms with Gasteiger partial charge in [0.1, 0.15) is 0 Å². The standard InChI is InChI=1S/C7H14O3/c1-2-3-4-7-9-5-8-6-10-7/h7H,2-6H2,1H3. The number of hydrogen-bond donors (Lipinski definition) is 0. The van der Waals surface area contributed by atoms with Crippen LogP contribution in [0.2, 0.25) is 0 Å². The molecule has 0 amide bonds. The maximum atomic E-state index is 5.14. The molecule has 60 valence electrons. The van der Waals surface area contributed by atoms with E-state index in [4.69, 9.17) is 14.2 Å². The van der Waals surface area contributed by atoms with Gasteiger partial charge in [-0.25, -0.2) is 0 Å². The molecule has 0 atom stereocenters. The first-order valence-electron chi connectivity index (χ1n) is 3.74. The van der Waals surface area contributed by atoms with E-state index < -0.39 is 0 Å². The number of rotatable bonds is 3. The second-order valence-corrected chi connectivity index (χ2v) is 2.34. The van der Waals surface area contributed by atoms with Crippen LogP contribution < -0.4 is 0 Å². The van der Waals surface area contributed by atoms with Crippen LogP contribution in [0.4, 0.5) is 0 Å². The lowest BCUT2D eigenvalue weighted by molar-refractivity contribution is -0.300. The van der Waals surface area contributed by atoms with Crippen LogP contribution in [-0.2, 0) is 14.2 Å². The highest BCUT2D eigenvalue weighted by Crippen LogP contribution is 2.09. The van der Waals surface area contributed by atoms with Crippen LogP contribution in [0.1, 0.15) is 26.2 Å². The molecule has 0 unspecified atom stereocenters. The molecule has 0 saturated carbocycles. The Morgan fingerprint density at radius 1 is 1.30 bits per heavy atom. The summed E-state index contributed by atoms with van der Waals surface area (Å²) in [6.07, 6.45) is 3.31. The Labute approximate surface area is 61.3 Å². The fourth-order valence-electron chi connectivity index (χ4n) is 0.868. The third kappa shape index (κ3) is 2.64. The van der Waals surface area contributed by atoms with Gasteiger partial charge in [0.25, 0.3) is 0 Å². The van der Waals surface area contributed by atoms with E-state index in [0.29, 0.717) is 13.6 Å². The van der Waals surface area contributed by atoms with Crippen molar-refractivity contribution in [1.29, 1.82) is 0 Å². The molecule has 0 aromatic rings. The zero-order chi connectivity index (χ0) is 7.23. The summed E-state index contributed by atoms with van der Waals surface area (Å²) in [5, 5.41) is 0. The summed E-state index contributed by atoms with van der Waals surface area (Å²) in [7, 11) is 0. The largest absolute Gasteiger partial charge is 0.329 e. The third-order valence-electron chi connectivity index (χ3n) is 1.47. The van der Waals surface area contributed by atoms with Gasteiger partial charge in [-0.15, -0.1) is 0 Å². The summed E-state index contributed by atoms with van der Waals surface area (Å²) in [5.41, 5.74) is 0. The van der Waals surface area contributed by atoms with Gasteiger partial charge in [0.15, 0.2) is 19.9 Å². The van der Waals surface area contributed by atoms with Crippen LogP contribution in [0.25, 0.3) is 0 Å². The van der Waals surface area contributed by atoms with Crippen LogP contribution in [0.3, 0.4) is 0 Å². The summed E-state index contributed by atoms with van der Waals surface area (Å²) < 4.78 is 15.1. The average molecular weight is 146 g/mol. The second kappa shape index (κ2) is 4.66. The van der Waals surface area contributed by atoms with Gasteiger partial charge in [0, 0.05) is 0 Å². The minimum Gasteiger partial charge on any atom is -0.329 e. The smallest absolute Gasteiger partial charge is 0.163 e. The molecule has 0 bridgehead atoms. The van der Waals surface area contributed by atoms with E-state index >= 15 is 0 Å². The van der Waals surface area contributed by atoms with Crippen LogP contribution >= 0.6 is 0 Å². The number of ether oxygens (including phenoxy) is 3. The molecule has 3 nitrogen and oxygen atoms in total. The van der Waals surface area contributed by atoms with Crippen molar-refractivity contribution < 1.29 is 14.2 Å². The van der Waals surface area contributed by atoms with Crippen molar-refractivity contribution in [2.24, 2.45) is 0 Å².